The van der Waals surface area contributed by atoms with Crippen LogP contribution < -0.4 is 5.32 Å². The van der Waals surface area contributed by atoms with Crippen LogP contribution in [0.3, 0.4) is 0 Å². The van der Waals surface area contributed by atoms with Gasteiger partial charge in [-0.2, -0.15) is 0 Å². The van der Waals surface area contributed by atoms with Gasteiger partial charge in [0, 0.05) is 5.92 Å². The van der Waals surface area contributed by atoms with Crippen molar-refractivity contribution in [2.45, 2.75) is 25.2 Å². The number of benzene rings is 2. The molecular weight excluding hydrogens is 296 g/mol. The van der Waals surface area contributed by atoms with Gasteiger partial charge >= 0.3 is 0 Å². The Morgan fingerprint density at radius 1 is 0.957 bits per heavy atom. The van der Waals surface area contributed by atoms with Gasteiger partial charge in [-0.3, -0.25) is 4.79 Å². The van der Waals surface area contributed by atoms with Crippen molar-refractivity contribution in [3.05, 3.63) is 83.1 Å². The molecule has 118 valence electrons. The molecule has 23 heavy (non-hydrogen) atoms. The molecule has 1 heterocycles. The summed E-state index contributed by atoms with van der Waals surface area (Å²) in [6, 6.07) is 16.9. The van der Waals surface area contributed by atoms with Crippen LogP contribution >= 0.6 is 0 Å². The number of aryl methyl sites for hydroxylation is 1. The number of nitrogens with one attached hydrogen (secondary N) is 1. The van der Waals surface area contributed by atoms with Crippen LogP contribution in [0.25, 0.3) is 0 Å². The highest BCUT2D eigenvalue weighted by Crippen LogP contribution is 2.38. The lowest BCUT2D eigenvalue weighted by atomic mass is 9.78. The van der Waals surface area contributed by atoms with Crippen molar-refractivity contribution < 1.29 is 13.6 Å². The highest BCUT2D eigenvalue weighted by molar-refractivity contribution is 5.88. The number of rotatable bonds is 3. The molecule has 0 aromatic heterocycles. The fraction of sp³-hybridized carbons (Fsp3) is 0.211. The van der Waals surface area contributed by atoms with Crippen LogP contribution in [0.5, 0.6) is 0 Å². The number of hydrogen-bond acceptors (Lipinski definition) is 1. The highest BCUT2D eigenvalue weighted by atomic mass is 19.3. The van der Waals surface area contributed by atoms with E-state index in [0.29, 0.717) is 0 Å². The quantitative estimate of drug-likeness (QED) is 0.906. The molecule has 2 aromatic rings. The van der Waals surface area contributed by atoms with Crippen LogP contribution in [-0.4, -0.2) is 12.3 Å². The van der Waals surface area contributed by atoms with Crippen LogP contribution in [0, 0.1) is 6.92 Å². The fourth-order valence-corrected chi connectivity index (χ4v) is 2.94. The van der Waals surface area contributed by atoms with E-state index in [-0.39, 0.29) is 11.6 Å². The van der Waals surface area contributed by atoms with Crippen LogP contribution in [0.2, 0.25) is 0 Å². The molecule has 0 bridgehead atoms. The van der Waals surface area contributed by atoms with Crippen molar-refractivity contribution in [2.75, 3.05) is 0 Å². The predicted molar refractivity (Wildman–Crippen MR) is 85.3 cm³/mol. The highest BCUT2D eigenvalue weighted by Gasteiger charge is 2.36. The molecule has 2 atom stereocenters. The average Bonchev–Trinajstić information content (AvgIpc) is 2.55. The number of amides is 1. The van der Waals surface area contributed by atoms with E-state index in [2.05, 4.69) is 5.32 Å². The number of carbonyl (C=O) groups is 1. The Morgan fingerprint density at radius 2 is 1.61 bits per heavy atom. The van der Waals surface area contributed by atoms with Gasteiger partial charge in [-0.1, -0.05) is 66.2 Å². The summed E-state index contributed by atoms with van der Waals surface area (Å²) in [5.41, 5.74) is 2.45. The SMILES string of the molecule is Cc1ccc([C@@H]2C=C(C(F)F)NC(=O)[C@H]2c2ccccc2)cc1. The Kier molecular flexibility index (Phi) is 4.24. The first-order valence-corrected chi connectivity index (χ1v) is 7.48. The average molecular weight is 313 g/mol. The second kappa shape index (κ2) is 6.32. The minimum Gasteiger partial charge on any atom is -0.324 e. The zero-order valence-electron chi connectivity index (χ0n) is 12.7. The monoisotopic (exact) mass is 313 g/mol. The van der Waals surface area contributed by atoms with Gasteiger partial charge in [0.05, 0.1) is 11.6 Å². The summed E-state index contributed by atoms with van der Waals surface area (Å²) in [6.07, 6.45) is -1.21. The van der Waals surface area contributed by atoms with Crippen molar-refractivity contribution >= 4 is 5.91 Å². The molecule has 2 aromatic carbocycles. The largest absolute Gasteiger partial charge is 0.324 e. The zero-order chi connectivity index (χ0) is 16.4. The minimum atomic E-state index is -2.69. The number of hydrogen-bond donors (Lipinski definition) is 1. The second-order valence-electron chi connectivity index (χ2n) is 5.74. The van der Waals surface area contributed by atoms with Crippen LogP contribution in [0.1, 0.15) is 28.5 Å². The smallest absolute Gasteiger partial charge is 0.278 e. The van der Waals surface area contributed by atoms with Gasteiger partial charge in [-0.05, 0) is 18.1 Å². The first-order chi connectivity index (χ1) is 11.1. The Bertz CT molecular complexity index is 723. The van der Waals surface area contributed by atoms with E-state index in [1.165, 1.54) is 6.08 Å². The van der Waals surface area contributed by atoms with Gasteiger partial charge in [0.15, 0.2) is 0 Å². The van der Waals surface area contributed by atoms with Crippen LogP contribution in [0.15, 0.2) is 66.4 Å². The molecule has 1 amide bonds. The van der Waals surface area contributed by atoms with Crippen molar-refractivity contribution in [2.24, 2.45) is 0 Å². The third kappa shape index (κ3) is 3.16. The Labute approximate surface area is 133 Å². The summed E-state index contributed by atoms with van der Waals surface area (Å²) in [7, 11) is 0. The van der Waals surface area contributed by atoms with Crippen molar-refractivity contribution in [1.29, 1.82) is 0 Å². The lowest BCUT2D eigenvalue weighted by Crippen LogP contribution is -2.38. The van der Waals surface area contributed by atoms with E-state index in [9.17, 15) is 13.6 Å². The summed E-state index contributed by atoms with van der Waals surface area (Å²) in [6.45, 7) is 1.96. The molecule has 0 unspecified atom stereocenters. The summed E-state index contributed by atoms with van der Waals surface area (Å²) in [5, 5.41) is 2.35. The molecule has 4 heteroatoms. The molecule has 0 saturated carbocycles. The van der Waals surface area contributed by atoms with E-state index < -0.39 is 18.3 Å². The molecule has 0 radical (unpaired) electrons. The summed E-state index contributed by atoms with van der Waals surface area (Å²) in [5.74, 6) is -1.31. The lowest BCUT2D eigenvalue weighted by Gasteiger charge is -2.30. The Balaban J connectivity index is 2.09. The standard InChI is InChI=1S/C19H17F2NO/c1-12-7-9-13(10-8-12)15-11-16(18(20)21)22-19(23)17(15)14-5-3-2-4-6-14/h2-11,15,17-18H,1H3,(H,22,23)/t15-,17-/m0/s1. The first-order valence-electron chi connectivity index (χ1n) is 7.48. The fourth-order valence-electron chi connectivity index (χ4n) is 2.94. The van der Waals surface area contributed by atoms with Crippen molar-refractivity contribution in [3.63, 3.8) is 0 Å². The Morgan fingerprint density at radius 3 is 2.22 bits per heavy atom. The predicted octanol–water partition coefficient (Wildman–Crippen LogP) is 4.14. The van der Waals surface area contributed by atoms with Gasteiger partial charge in [0.25, 0.3) is 6.43 Å². The van der Waals surface area contributed by atoms with E-state index in [0.717, 1.165) is 16.7 Å². The summed E-state index contributed by atoms with van der Waals surface area (Å²) in [4.78, 5) is 12.5. The summed E-state index contributed by atoms with van der Waals surface area (Å²) >= 11 is 0. The zero-order valence-corrected chi connectivity index (χ0v) is 12.7. The maximum atomic E-state index is 13.1. The summed E-state index contributed by atoms with van der Waals surface area (Å²) < 4.78 is 26.2. The maximum absolute atomic E-state index is 13.1. The van der Waals surface area contributed by atoms with Gasteiger partial charge in [-0.25, -0.2) is 8.78 Å². The van der Waals surface area contributed by atoms with Crippen LogP contribution in [-0.2, 0) is 4.79 Å². The van der Waals surface area contributed by atoms with Gasteiger partial charge in [-0.15, -0.1) is 0 Å². The Hall–Kier alpha value is -2.49. The van der Waals surface area contributed by atoms with E-state index >= 15 is 0 Å². The third-order valence-electron chi connectivity index (χ3n) is 4.12. The number of alkyl halides is 2. The molecule has 0 spiro atoms. The van der Waals surface area contributed by atoms with Gasteiger partial charge in [0.2, 0.25) is 5.91 Å². The first kappa shape index (κ1) is 15.4. The minimum absolute atomic E-state index is 0.312. The van der Waals surface area contributed by atoms with E-state index in [1.807, 2.05) is 61.5 Å². The van der Waals surface area contributed by atoms with Crippen LogP contribution in [0.4, 0.5) is 8.78 Å². The van der Waals surface area contributed by atoms with E-state index in [4.69, 9.17) is 0 Å². The number of carbonyl (C=O) groups excluding carboxylic acids is 1. The van der Waals surface area contributed by atoms with Gasteiger partial charge in [0.1, 0.15) is 0 Å². The molecule has 0 fully saturated rings. The number of allylic oxidation sites excluding steroid dienone is 2. The molecule has 0 saturated heterocycles. The molecule has 1 aliphatic rings. The molecule has 0 aliphatic carbocycles. The topological polar surface area (TPSA) is 29.1 Å². The molecule has 1 aliphatic heterocycles. The van der Waals surface area contributed by atoms with Crippen molar-refractivity contribution in [3.8, 4) is 0 Å². The maximum Gasteiger partial charge on any atom is 0.278 e. The molecule has 1 N–H and O–H groups in total. The van der Waals surface area contributed by atoms with Gasteiger partial charge < -0.3 is 5.32 Å². The normalized spacial score (nSPS) is 21.0. The third-order valence-corrected chi connectivity index (χ3v) is 4.12. The second-order valence-corrected chi connectivity index (χ2v) is 5.74. The van der Waals surface area contributed by atoms with Crippen molar-refractivity contribution in [1.82, 2.24) is 5.32 Å². The lowest BCUT2D eigenvalue weighted by molar-refractivity contribution is -0.123. The molecule has 3 rings (SSSR count). The molecule has 2 nitrogen and oxygen atoms in total. The number of halogens is 2. The molecular formula is C19H17F2NO. The van der Waals surface area contributed by atoms with E-state index in [1.54, 1.807) is 0 Å².